The van der Waals surface area contributed by atoms with Gasteiger partial charge in [0.15, 0.2) is 0 Å². The van der Waals surface area contributed by atoms with Gasteiger partial charge in [0.25, 0.3) is 0 Å². The van der Waals surface area contributed by atoms with E-state index in [1.54, 1.807) is 11.8 Å². The lowest BCUT2D eigenvalue weighted by atomic mass is 9.91. The maximum Gasteiger partial charge on any atom is 0.226 e. The van der Waals surface area contributed by atoms with Gasteiger partial charge in [-0.2, -0.15) is 0 Å². The molecule has 1 amide bonds. The molecule has 2 aromatic carbocycles. The van der Waals surface area contributed by atoms with Gasteiger partial charge in [0.05, 0.1) is 18.1 Å². The highest BCUT2D eigenvalue weighted by atomic mass is 16.3. The third kappa shape index (κ3) is 3.15. The van der Waals surface area contributed by atoms with E-state index < -0.39 is 5.60 Å². The molecule has 3 rings (SSSR count). The smallest absolute Gasteiger partial charge is 0.226 e. The highest BCUT2D eigenvalue weighted by molar-refractivity contribution is 5.78. The first-order chi connectivity index (χ1) is 11.0. The number of hydrogen-bond donors (Lipinski definition) is 1. The van der Waals surface area contributed by atoms with Crippen molar-refractivity contribution in [2.24, 2.45) is 0 Å². The summed E-state index contributed by atoms with van der Waals surface area (Å²) in [6.45, 7) is 1.71. The zero-order valence-corrected chi connectivity index (χ0v) is 13.7. The van der Waals surface area contributed by atoms with Crippen LogP contribution in [-0.2, 0) is 16.8 Å². The van der Waals surface area contributed by atoms with Crippen molar-refractivity contribution in [3.8, 4) is 0 Å². The van der Waals surface area contributed by atoms with Gasteiger partial charge in [-0.25, -0.2) is 0 Å². The second-order valence-electron chi connectivity index (χ2n) is 6.57. The summed E-state index contributed by atoms with van der Waals surface area (Å²) in [6, 6.07) is 17.8. The highest BCUT2D eigenvalue weighted by Crippen LogP contribution is 2.36. The van der Waals surface area contributed by atoms with Gasteiger partial charge in [-0.1, -0.05) is 54.6 Å². The molecule has 2 aromatic rings. The van der Waals surface area contributed by atoms with Gasteiger partial charge in [-0.05, 0) is 36.5 Å². The predicted molar refractivity (Wildman–Crippen MR) is 90.9 cm³/mol. The average Bonchev–Trinajstić information content (AvgIpc) is 2.98. The van der Waals surface area contributed by atoms with E-state index in [4.69, 9.17) is 0 Å². The fourth-order valence-corrected chi connectivity index (χ4v) is 3.43. The molecule has 0 bridgehead atoms. The normalized spacial score (nSPS) is 19.0. The van der Waals surface area contributed by atoms with Crippen molar-refractivity contribution in [2.75, 3.05) is 7.05 Å². The van der Waals surface area contributed by atoms with Crippen molar-refractivity contribution in [1.82, 2.24) is 4.90 Å². The number of hydrogen-bond acceptors (Lipinski definition) is 2. The largest absolute Gasteiger partial charge is 0.385 e. The minimum Gasteiger partial charge on any atom is -0.385 e. The standard InChI is InChI=1S/C20H23NO2/c1-20(23,16-9-4-3-5-10-16)14-19(22)21(2)18-13-12-15-8-6-7-11-17(15)18/h3-11,18,23H,12-14H2,1-2H3. The fourth-order valence-electron chi connectivity index (χ4n) is 3.43. The number of carbonyl (C=O) groups excluding carboxylic acids is 1. The Balaban J connectivity index is 1.74. The first-order valence-electron chi connectivity index (χ1n) is 8.10. The number of amides is 1. The molecule has 0 aromatic heterocycles. The zero-order chi connectivity index (χ0) is 16.4. The van der Waals surface area contributed by atoms with Crippen molar-refractivity contribution in [3.63, 3.8) is 0 Å². The summed E-state index contributed by atoms with van der Waals surface area (Å²) in [5.41, 5.74) is 2.19. The molecule has 2 atom stereocenters. The number of aliphatic hydroxyl groups is 1. The Morgan fingerprint density at radius 1 is 1.17 bits per heavy atom. The van der Waals surface area contributed by atoms with E-state index in [0.29, 0.717) is 0 Å². The maximum absolute atomic E-state index is 12.7. The Morgan fingerprint density at radius 3 is 2.57 bits per heavy atom. The van der Waals surface area contributed by atoms with Crippen LogP contribution in [0.15, 0.2) is 54.6 Å². The maximum atomic E-state index is 12.7. The third-order valence-electron chi connectivity index (χ3n) is 4.85. The number of carbonyl (C=O) groups is 1. The van der Waals surface area contributed by atoms with Crippen LogP contribution < -0.4 is 0 Å². The first kappa shape index (κ1) is 15.8. The number of benzene rings is 2. The molecule has 2 unspecified atom stereocenters. The lowest BCUT2D eigenvalue weighted by Crippen LogP contribution is -2.36. The first-order valence-corrected chi connectivity index (χ1v) is 8.10. The Morgan fingerprint density at radius 2 is 1.83 bits per heavy atom. The van der Waals surface area contributed by atoms with E-state index in [1.165, 1.54) is 11.1 Å². The van der Waals surface area contributed by atoms with Crippen LogP contribution in [0.1, 0.15) is 42.5 Å². The molecule has 1 N–H and O–H groups in total. The van der Waals surface area contributed by atoms with Crippen LogP contribution in [0.25, 0.3) is 0 Å². The predicted octanol–water partition coefficient (Wildman–Crippen LogP) is 3.43. The van der Waals surface area contributed by atoms with E-state index in [0.717, 1.165) is 18.4 Å². The van der Waals surface area contributed by atoms with Gasteiger partial charge >= 0.3 is 0 Å². The lowest BCUT2D eigenvalue weighted by molar-refractivity contribution is -0.137. The van der Waals surface area contributed by atoms with Crippen LogP contribution in [0.5, 0.6) is 0 Å². The molecule has 0 radical (unpaired) electrons. The quantitative estimate of drug-likeness (QED) is 0.940. The number of nitrogens with zero attached hydrogens (tertiary/aromatic N) is 1. The SMILES string of the molecule is CN(C(=O)CC(C)(O)c1ccccc1)C1CCc2ccccc21. The second kappa shape index (κ2) is 6.17. The molecular weight excluding hydrogens is 286 g/mol. The third-order valence-corrected chi connectivity index (χ3v) is 4.85. The minimum absolute atomic E-state index is 0.0273. The van der Waals surface area contributed by atoms with Crippen LogP contribution in [0.3, 0.4) is 0 Å². The van der Waals surface area contributed by atoms with Crippen LogP contribution in [0, 0.1) is 0 Å². The molecule has 0 heterocycles. The highest BCUT2D eigenvalue weighted by Gasteiger charge is 2.33. The molecule has 120 valence electrons. The minimum atomic E-state index is -1.15. The second-order valence-corrected chi connectivity index (χ2v) is 6.57. The summed E-state index contributed by atoms with van der Waals surface area (Å²) >= 11 is 0. The Hall–Kier alpha value is -2.13. The summed E-state index contributed by atoms with van der Waals surface area (Å²) in [5, 5.41) is 10.7. The van der Waals surface area contributed by atoms with Gasteiger partial charge < -0.3 is 10.0 Å². The molecule has 0 aliphatic heterocycles. The average molecular weight is 309 g/mol. The Bertz CT molecular complexity index is 694. The van der Waals surface area contributed by atoms with Crippen LogP contribution in [0.4, 0.5) is 0 Å². The Labute approximate surface area is 137 Å². The zero-order valence-electron chi connectivity index (χ0n) is 13.7. The van der Waals surface area contributed by atoms with Gasteiger partial charge in [-0.15, -0.1) is 0 Å². The number of rotatable bonds is 4. The topological polar surface area (TPSA) is 40.5 Å². The van der Waals surface area contributed by atoms with Gasteiger partial charge in [0.2, 0.25) is 5.91 Å². The summed E-state index contributed by atoms with van der Waals surface area (Å²) in [5.74, 6) is -0.0273. The summed E-state index contributed by atoms with van der Waals surface area (Å²) in [4.78, 5) is 14.5. The van der Waals surface area contributed by atoms with Crippen molar-refractivity contribution in [1.29, 1.82) is 0 Å². The van der Waals surface area contributed by atoms with Crippen molar-refractivity contribution in [2.45, 2.75) is 37.8 Å². The molecule has 0 fully saturated rings. The number of aryl methyl sites for hydroxylation is 1. The van der Waals surface area contributed by atoms with E-state index in [-0.39, 0.29) is 18.4 Å². The molecule has 23 heavy (non-hydrogen) atoms. The fraction of sp³-hybridized carbons (Fsp3) is 0.350. The van der Waals surface area contributed by atoms with E-state index in [1.807, 2.05) is 49.5 Å². The molecule has 0 saturated heterocycles. The molecule has 3 heteroatoms. The molecule has 3 nitrogen and oxygen atoms in total. The number of fused-ring (bicyclic) bond motifs is 1. The molecule has 1 aliphatic rings. The van der Waals surface area contributed by atoms with Gasteiger partial charge in [0, 0.05) is 7.05 Å². The van der Waals surface area contributed by atoms with E-state index in [9.17, 15) is 9.90 Å². The molecular formula is C20H23NO2. The van der Waals surface area contributed by atoms with E-state index in [2.05, 4.69) is 12.1 Å². The lowest BCUT2D eigenvalue weighted by Gasteiger charge is -2.30. The molecule has 0 spiro atoms. The van der Waals surface area contributed by atoms with E-state index >= 15 is 0 Å². The van der Waals surface area contributed by atoms with Crippen molar-refractivity contribution in [3.05, 3.63) is 71.3 Å². The van der Waals surface area contributed by atoms with Crippen LogP contribution in [0.2, 0.25) is 0 Å². The monoisotopic (exact) mass is 309 g/mol. The van der Waals surface area contributed by atoms with Crippen LogP contribution >= 0.6 is 0 Å². The summed E-state index contributed by atoms with van der Waals surface area (Å²) in [7, 11) is 1.84. The van der Waals surface area contributed by atoms with Gasteiger partial charge in [0.1, 0.15) is 0 Å². The van der Waals surface area contributed by atoms with Crippen molar-refractivity contribution < 1.29 is 9.90 Å². The molecule has 1 aliphatic carbocycles. The van der Waals surface area contributed by atoms with Crippen LogP contribution in [-0.4, -0.2) is 23.0 Å². The Kier molecular flexibility index (Phi) is 4.22. The summed E-state index contributed by atoms with van der Waals surface area (Å²) in [6.07, 6.45) is 2.05. The summed E-state index contributed by atoms with van der Waals surface area (Å²) < 4.78 is 0. The van der Waals surface area contributed by atoms with Gasteiger partial charge in [-0.3, -0.25) is 4.79 Å². The molecule has 0 saturated carbocycles. The van der Waals surface area contributed by atoms with Crippen molar-refractivity contribution >= 4 is 5.91 Å².